The molecule has 0 spiro atoms. The molecule has 0 bridgehead atoms. The summed E-state index contributed by atoms with van der Waals surface area (Å²) in [6.45, 7) is 3.76. The Morgan fingerprint density at radius 1 is 1.00 bits per heavy atom. The predicted octanol–water partition coefficient (Wildman–Crippen LogP) is 5.65. The molecular formula is C28H30BrClN2O4. The number of hydrogen-bond donors (Lipinski definition) is 1. The lowest BCUT2D eigenvalue weighted by atomic mass is 10.0. The molecule has 6 nitrogen and oxygen atoms in total. The monoisotopic (exact) mass is 572 g/mol. The van der Waals surface area contributed by atoms with Gasteiger partial charge < -0.3 is 19.7 Å². The number of benzene rings is 3. The van der Waals surface area contributed by atoms with Crippen molar-refractivity contribution in [3.63, 3.8) is 0 Å². The summed E-state index contributed by atoms with van der Waals surface area (Å²) >= 11 is 9.44. The van der Waals surface area contributed by atoms with Crippen molar-refractivity contribution in [2.24, 2.45) is 0 Å². The maximum atomic E-state index is 13.6. The summed E-state index contributed by atoms with van der Waals surface area (Å²) < 4.78 is 11.8. The van der Waals surface area contributed by atoms with Crippen LogP contribution in [0, 0.1) is 0 Å². The molecule has 3 aromatic carbocycles. The Balaban J connectivity index is 1.93. The molecule has 0 radical (unpaired) electrons. The average Bonchev–Trinajstić information content (AvgIpc) is 2.85. The number of nitrogens with one attached hydrogen (secondary N) is 1. The van der Waals surface area contributed by atoms with Crippen molar-refractivity contribution < 1.29 is 19.1 Å². The third-order valence-corrected chi connectivity index (χ3v) is 6.29. The number of rotatable bonds is 11. The number of amides is 2. The van der Waals surface area contributed by atoms with E-state index in [4.69, 9.17) is 21.1 Å². The van der Waals surface area contributed by atoms with E-state index >= 15 is 0 Å². The third kappa shape index (κ3) is 8.00. The van der Waals surface area contributed by atoms with Crippen molar-refractivity contribution >= 4 is 39.3 Å². The largest absolute Gasteiger partial charge is 0.497 e. The van der Waals surface area contributed by atoms with Crippen LogP contribution in [-0.4, -0.2) is 42.5 Å². The van der Waals surface area contributed by atoms with E-state index in [0.29, 0.717) is 27.4 Å². The normalized spacial score (nSPS) is 11.6. The molecule has 1 atom stereocenters. The van der Waals surface area contributed by atoms with Crippen molar-refractivity contribution in [3.05, 3.63) is 93.4 Å². The molecule has 0 unspecified atom stereocenters. The van der Waals surface area contributed by atoms with Gasteiger partial charge in [0.25, 0.3) is 5.91 Å². The molecular weight excluding hydrogens is 544 g/mol. The number of carbonyl (C=O) groups is 2. The highest BCUT2D eigenvalue weighted by Crippen LogP contribution is 2.28. The van der Waals surface area contributed by atoms with Gasteiger partial charge in [-0.1, -0.05) is 54.1 Å². The van der Waals surface area contributed by atoms with E-state index in [9.17, 15) is 9.59 Å². The molecule has 36 heavy (non-hydrogen) atoms. The van der Waals surface area contributed by atoms with E-state index < -0.39 is 6.04 Å². The Morgan fingerprint density at radius 3 is 2.39 bits per heavy atom. The topological polar surface area (TPSA) is 67.9 Å². The minimum Gasteiger partial charge on any atom is -0.497 e. The Hall–Kier alpha value is -3.03. The first-order chi connectivity index (χ1) is 17.3. The van der Waals surface area contributed by atoms with Crippen molar-refractivity contribution in [2.75, 3.05) is 13.7 Å². The standard InChI is InChI=1S/C28H30BrClN2O4/c1-19(2)31-28(34)25(15-20-8-5-4-6-9-20)32(17-21-10-7-11-23(14-21)35-3)27(33)18-36-26-13-12-22(30)16-24(26)29/h4-14,16,19,25H,15,17-18H2,1-3H3,(H,31,34)/t25-/m0/s1. The van der Waals surface area contributed by atoms with Crippen LogP contribution >= 0.6 is 27.5 Å². The molecule has 0 aromatic heterocycles. The van der Waals surface area contributed by atoms with Crippen LogP contribution < -0.4 is 14.8 Å². The van der Waals surface area contributed by atoms with Gasteiger partial charge in [0.2, 0.25) is 5.91 Å². The first-order valence-corrected chi connectivity index (χ1v) is 12.8. The Bertz CT molecular complexity index is 1170. The molecule has 190 valence electrons. The zero-order valence-corrected chi connectivity index (χ0v) is 22.9. The van der Waals surface area contributed by atoms with Crippen molar-refractivity contribution in [2.45, 2.75) is 38.9 Å². The van der Waals surface area contributed by atoms with E-state index in [2.05, 4.69) is 21.2 Å². The van der Waals surface area contributed by atoms with Gasteiger partial charge in [0.1, 0.15) is 17.5 Å². The molecule has 2 amide bonds. The summed E-state index contributed by atoms with van der Waals surface area (Å²) in [7, 11) is 1.59. The van der Waals surface area contributed by atoms with Crippen LogP contribution in [0.2, 0.25) is 5.02 Å². The average molecular weight is 574 g/mol. The maximum absolute atomic E-state index is 13.6. The van der Waals surface area contributed by atoms with Gasteiger partial charge in [-0.3, -0.25) is 9.59 Å². The van der Waals surface area contributed by atoms with Crippen LogP contribution in [-0.2, 0) is 22.6 Å². The summed E-state index contributed by atoms with van der Waals surface area (Å²) in [6.07, 6.45) is 0.361. The van der Waals surface area contributed by atoms with Crippen molar-refractivity contribution in [1.29, 1.82) is 0 Å². The highest BCUT2D eigenvalue weighted by Gasteiger charge is 2.31. The summed E-state index contributed by atoms with van der Waals surface area (Å²) in [4.78, 5) is 28.6. The van der Waals surface area contributed by atoms with Crippen molar-refractivity contribution in [1.82, 2.24) is 10.2 Å². The predicted molar refractivity (Wildman–Crippen MR) is 145 cm³/mol. The molecule has 0 heterocycles. The highest BCUT2D eigenvalue weighted by molar-refractivity contribution is 9.10. The molecule has 3 rings (SSSR count). The summed E-state index contributed by atoms with van der Waals surface area (Å²) in [5.41, 5.74) is 1.79. The fraction of sp³-hybridized carbons (Fsp3) is 0.286. The second kappa shape index (κ2) is 13.3. The van der Waals surface area contributed by atoms with Crippen LogP contribution in [0.25, 0.3) is 0 Å². The SMILES string of the molecule is COc1cccc(CN(C(=O)COc2ccc(Cl)cc2Br)[C@@H](Cc2ccccc2)C(=O)NC(C)C)c1. The Labute approximate surface area is 225 Å². The van der Waals surface area contributed by atoms with E-state index in [-0.39, 0.29) is 31.0 Å². The Morgan fingerprint density at radius 2 is 1.72 bits per heavy atom. The first-order valence-electron chi connectivity index (χ1n) is 11.6. The summed E-state index contributed by atoms with van der Waals surface area (Å²) in [5, 5.41) is 3.52. The van der Waals surface area contributed by atoms with Crippen LogP contribution in [0.15, 0.2) is 77.3 Å². The smallest absolute Gasteiger partial charge is 0.261 e. The summed E-state index contributed by atoms with van der Waals surface area (Å²) in [5.74, 6) is 0.616. The highest BCUT2D eigenvalue weighted by atomic mass is 79.9. The number of carbonyl (C=O) groups excluding carboxylic acids is 2. The number of nitrogens with zero attached hydrogens (tertiary/aromatic N) is 1. The Kier molecular flexibility index (Phi) is 10.2. The molecule has 0 saturated heterocycles. The van der Waals surface area contributed by atoms with Gasteiger partial charge in [0, 0.05) is 24.0 Å². The fourth-order valence-corrected chi connectivity index (χ4v) is 4.51. The van der Waals surface area contributed by atoms with E-state index in [1.54, 1.807) is 30.2 Å². The molecule has 0 aliphatic carbocycles. The number of hydrogen-bond acceptors (Lipinski definition) is 4. The molecule has 1 N–H and O–H groups in total. The molecule has 0 saturated carbocycles. The van der Waals surface area contributed by atoms with E-state index in [0.717, 1.165) is 11.1 Å². The second-order valence-corrected chi connectivity index (χ2v) is 9.90. The van der Waals surface area contributed by atoms with Crippen molar-refractivity contribution in [3.8, 4) is 11.5 Å². The van der Waals surface area contributed by atoms with Gasteiger partial charge in [-0.25, -0.2) is 0 Å². The lowest BCUT2D eigenvalue weighted by Gasteiger charge is -2.32. The van der Waals surface area contributed by atoms with Crippen LogP contribution in [0.1, 0.15) is 25.0 Å². The maximum Gasteiger partial charge on any atom is 0.261 e. The van der Waals surface area contributed by atoms with Crippen LogP contribution in [0.3, 0.4) is 0 Å². The number of halogens is 2. The molecule has 8 heteroatoms. The first kappa shape index (κ1) is 27.6. The molecule has 0 fully saturated rings. The quantitative estimate of drug-likeness (QED) is 0.322. The third-order valence-electron chi connectivity index (χ3n) is 5.43. The number of methoxy groups -OCH3 is 1. The zero-order chi connectivity index (χ0) is 26.1. The van der Waals surface area contributed by atoms with Gasteiger partial charge in [-0.15, -0.1) is 0 Å². The molecule has 0 aliphatic heterocycles. The van der Waals surface area contributed by atoms with Gasteiger partial charge in [-0.2, -0.15) is 0 Å². The molecule has 0 aliphatic rings. The zero-order valence-electron chi connectivity index (χ0n) is 20.5. The van der Waals surface area contributed by atoms with Crippen LogP contribution in [0.4, 0.5) is 0 Å². The van der Waals surface area contributed by atoms with Gasteiger partial charge in [-0.05, 0) is 71.2 Å². The molecule has 3 aromatic rings. The minimum absolute atomic E-state index is 0.0779. The van der Waals surface area contributed by atoms with E-state index in [1.165, 1.54) is 0 Å². The van der Waals surface area contributed by atoms with E-state index in [1.807, 2.05) is 68.4 Å². The lowest BCUT2D eigenvalue weighted by Crippen LogP contribution is -2.52. The summed E-state index contributed by atoms with van der Waals surface area (Å²) in [6, 6.07) is 21.4. The van der Waals surface area contributed by atoms with Crippen LogP contribution in [0.5, 0.6) is 11.5 Å². The lowest BCUT2D eigenvalue weighted by molar-refractivity contribution is -0.143. The second-order valence-electron chi connectivity index (χ2n) is 8.61. The van der Waals surface area contributed by atoms with Gasteiger partial charge in [0.05, 0.1) is 11.6 Å². The number of ether oxygens (including phenoxy) is 2. The minimum atomic E-state index is -0.745. The van der Waals surface area contributed by atoms with Gasteiger partial charge in [0.15, 0.2) is 6.61 Å². The van der Waals surface area contributed by atoms with Gasteiger partial charge >= 0.3 is 0 Å². The fourth-order valence-electron chi connectivity index (χ4n) is 3.72.